The molecule has 0 fully saturated rings. The maximum atomic E-state index is 12.4. The van der Waals surface area contributed by atoms with Crippen molar-refractivity contribution in [3.8, 4) is 0 Å². The summed E-state index contributed by atoms with van der Waals surface area (Å²) in [7, 11) is 0. The van der Waals surface area contributed by atoms with Crippen LogP contribution in [0.3, 0.4) is 0 Å². The molecule has 0 atom stereocenters. The molecular formula is C17H16ClN3O. The Morgan fingerprint density at radius 2 is 1.82 bits per heavy atom. The third-order valence-electron chi connectivity index (χ3n) is 3.75. The van der Waals surface area contributed by atoms with Crippen LogP contribution in [-0.4, -0.2) is 14.9 Å². The molecule has 2 aromatic carbocycles. The topological polar surface area (TPSA) is 50.8 Å². The smallest absolute Gasteiger partial charge is 0.203 e. The van der Waals surface area contributed by atoms with E-state index in [-0.39, 0.29) is 17.9 Å². The van der Waals surface area contributed by atoms with Gasteiger partial charge in [0, 0.05) is 12.1 Å². The lowest BCUT2D eigenvalue weighted by Crippen LogP contribution is -2.27. The van der Waals surface area contributed by atoms with Crippen molar-refractivity contribution in [3.63, 3.8) is 0 Å². The quantitative estimate of drug-likeness (QED) is 0.737. The second-order valence-electron chi connectivity index (χ2n) is 5.05. The number of rotatable bonds is 4. The number of halogens is 1. The van der Waals surface area contributed by atoms with Crippen LogP contribution < -0.4 is 5.62 Å². The number of para-hydroxylation sites is 1. The molecule has 0 unspecified atom stereocenters. The Morgan fingerprint density at radius 3 is 2.50 bits per heavy atom. The Morgan fingerprint density at radius 1 is 1.09 bits per heavy atom. The van der Waals surface area contributed by atoms with Crippen LogP contribution in [0.2, 0.25) is 5.02 Å². The predicted molar refractivity (Wildman–Crippen MR) is 87.2 cm³/mol. The summed E-state index contributed by atoms with van der Waals surface area (Å²) in [5, 5.41) is 8.94. The fourth-order valence-corrected chi connectivity index (χ4v) is 2.95. The van der Waals surface area contributed by atoms with Crippen LogP contribution in [0, 0.1) is 5.41 Å². The summed E-state index contributed by atoms with van der Waals surface area (Å²) in [4.78, 5) is 12.4. The van der Waals surface area contributed by atoms with E-state index in [1.165, 1.54) is 0 Å². The van der Waals surface area contributed by atoms with Crippen LogP contribution in [0.15, 0.2) is 48.5 Å². The van der Waals surface area contributed by atoms with Crippen LogP contribution in [0.1, 0.15) is 17.3 Å². The number of imidazole rings is 1. The lowest BCUT2D eigenvalue weighted by atomic mass is 10.1. The van der Waals surface area contributed by atoms with E-state index in [2.05, 4.69) is 0 Å². The van der Waals surface area contributed by atoms with Gasteiger partial charge in [0.2, 0.25) is 5.62 Å². The Hall–Kier alpha value is -2.33. The van der Waals surface area contributed by atoms with Gasteiger partial charge < -0.3 is 9.13 Å². The lowest BCUT2D eigenvalue weighted by molar-refractivity contribution is 0.0971. The zero-order valence-electron chi connectivity index (χ0n) is 12.2. The number of carbonyl (C=O) groups excluding carboxylic acids is 1. The van der Waals surface area contributed by atoms with Crippen molar-refractivity contribution in [1.29, 1.82) is 5.41 Å². The number of hydrogen-bond acceptors (Lipinski definition) is 2. The maximum absolute atomic E-state index is 12.4. The molecule has 0 radical (unpaired) electrons. The second-order valence-corrected chi connectivity index (χ2v) is 5.46. The average molecular weight is 314 g/mol. The van der Waals surface area contributed by atoms with Crippen LogP contribution in [0.4, 0.5) is 0 Å². The van der Waals surface area contributed by atoms with Gasteiger partial charge in [-0.2, -0.15) is 0 Å². The highest BCUT2D eigenvalue weighted by Gasteiger charge is 2.15. The Balaban J connectivity index is 2.12. The predicted octanol–water partition coefficient (Wildman–Crippen LogP) is 3.48. The average Bonchev–Trinajstić information content (AvgIpc) is 2.81. The van der Waals surface area contributed by atoms with Gasteiger partial charge in [-0.1, -0.05) is 48.0 Å². The monoisotopic (exact) mass is 313 g/mol. The standard InChI is InChI=1S/C17H16ClN3O/c1-2-20-16-13(18)9-6-10-14(16)21(17(20)19)11-15(22)12-7-4-3-5-8-12/h3-10,19H,2,11H2,1H3. The first-order valence-electron chi connectivity index (χ1n) is 7.14. The van der Waals surface area contributed by atoms with Gasteiger partial charge >= 0.3 is 0 Å². The molecule has 112 valence electrons. The molecule has 0 aliphatic rings. The fraction of sp³-hybridized carbons (Fsp3) is 0.176. The van der Waals surface area contributed by atoms with Crippen molar-refractivity contribution in [2.75, 3.05) is 0 Å². The van der Waals surface area contributed by atoms with Gasteiger partial charge in [0.1, 0.15) is 0 Å². The van der Waals surface area contributed by atoms with Gasteiger partial charge in [-0.15, -0.1) is 0 Å². The van der Waals surface area contributed by atoms with E-state index in [9.17, 15) is 4.79 Å². The highest BCUT2D eigenvalue weighted by Crippen LogP contribution is 2.22. The Kier molecular flexibility index (Phi) is 3.86. The zero-order valence-corrected chi connectivity index (χ0v) is 13.0. The lowest BCUT2D eigenvalue weighted by Gasteiger charge is -2.04. The van der Waals surface area contributed by atoms with Gasteiger partial charge in [-0.3, -0.25) is 10.2 Å². The van der Waals surface area contributed by atoms with Crippen LogP contribution in [0.5, 0.6) is 0 Å². The second kappa shape index (κ2) is 5.81. The minimum atomic E-state index is -0.0192. The highest BCUT2D eigenvalue weighted by atomic mass is 35.5. The minimum absolute atomic E-state index is 0.0192. The normalized spacial score (nSPS) is 11.0. The van der Waals surface area contributed by atoms with E-state index >= 15 is 0 Å². The summed E-state index contributed by atoms with van der Waals surface area (Å²) in [5.41, 5.74) is 2.55. The molecule has 1 heterocycles. The molecular weight excluding hydrogens is 298 g/mol. The van der Waals surface area contributed by atoms with Crippen LogP contribution >= 0.6 is 11.6 Å². The molecule has 0 bridgehead atoms. The van der Waals surface area contributed by atoms with Gasteiger partial charge in [0.15, 0.2) is 5.78 Å². The van der Waals surface area contributed by atoms with E-state index in [0.29, 0.717) is 17.1 Å². The number of nitrogens with zero attached hydrogens (tertiary/aromatic N) is 2. The number of aryl methyl sites for hydroxylation is 1. The molecule has 22 heavy (non-hydrogen) atoms. The van der Waals surface area contributed by atoms with Crippen molar-refractivity contribution in [2.45, 2.75) is 20.0 Å². The number of Topliss-reactive ketones (excluding diaryl/α,β-unsaturated/α-hetero) is 1. The fourth-order valence-electron chi connectivity index (χ4n) is 2.68. The number of fused-ring (bicyclic) bond motifs is 1. The van der Waals surface area contributed by atoms with Crippen molar-refractivity contribution in [2.24, 2.45) is 0 Å². The first kappa shape index (κ1) is 14.6. The van der Waals surface area contributed by atoms with E-state index < -0.39 is 0 Å². The molecule has 0 saturated heterocycles. The van der Waals surface area contributed by atoms with E-state index in [0.717, 1.165) is 11.0 Å². The highest BCUT2D eigenvalue weighted by molar-refractivity contribution is 6.35. The van der Waals surface area contributed by atoms with Crippen molar-refractivity contribution in [3.05, 3.63) is 64.7 Å². The molecule has 5 heteroatoms. The van der Waals surface area contributed by atoms with Crippen molar-refractivity contribution in [1.82, 2.24) is 9.13 Å². The minimum Gasteiger partial charge on any atom is -0.309 e. The largest absolute Gasteiger partial charge is 0.309 e. The summed E-state index contributed by atoms with van der Waals surface area (Å²) in [6.45, 7) is 2.72. The van der Waals surface area contributed by atoms with E-state index in [1.54, 1.807) is 22.8 Å². The van der Waals surface area contributed by atoms with E-state index in [1.807, 2.05) is 41.8 Å². The SMILES string of the molecule is CCn1c(=N)n(CC(=O)c2ccccc2)c2cccc(Cl)c21. The van der Waals surface area contributed by atoms with Gasteiger partial charge in [0.05, 0.1) is 22.6 Å². The molecule has 0 amide bonds. The number of carbonyl (C=O) groups is 1. The van der Waals surface area contributed by atoms with Gasteiger partial charge in [0.25, 0.3) is 0 Å². The number of benzene rings is 2. The van der Waals surface area contributed by atoms with Crippen molar-refractivity contribution >= 4 is 28.4 Å². The third kappa shape index (κ3) is 2.35. The van der Waals surface area contributed by atoms with Crippen LogP contribution in [0.25, 0.3) is 11.0 Å². The number of aromatic nitrogens is 2. The Bertz CT molecular complexity index is 893. The van der Waals surface area contributed by atoms with Crippen molar-refractivity contribution < 1.29 is 4.79 Å². The third-order valence-corrected chi connectivity index (χ3v) is 4.06. The van der Waals surface area contributed by atoms with E-state index in [4.69, 9.17) is 17.0 Å². The maximum Gasteiger partial charge on any atom is 0.203 e. The number of nitrogens with one attached hydrogen (secondary N) is 1. The molecule has 1 N–H and O–H groups in total. The first-order chi connectivity index (χ1) is 10.6. The summed E-state index contributed by atoms with van der Waals surface area (Å²) >= 11 is 6.28. The molecule has 0 aliphatic heterocycles. The van der Waals surface area contributed by atoms with Gasteiger partial charge in [-0.05, 0) is 19.1 Å². The molecule has 0 spiro atoms. The summed E-state index contributed by atoms with van der Waals surface area (Å²) < 4.78 is 3.52. The molecule has 1 aromatic heterocycles. The number of hydrogen-bond donors (Lipinski definition) is 1. The molecule has 0 aliphatic carbocycles. The molecule has 0 saturated carbocycles. The van der Waals surface area contributed by atoms with Gasteiger partial charge in [-0.25, -0.2) is 0 Å². The molecule has 4 nitrogen and oxygen atoms in total. The first-order valence-corrected chi connectivity index (χ1v) is 7.51. The zero-order chi connectivity index (χ0) is 15.7. The Labute approximate surface area is 133 Å². The summed E-state index contributed by atoms with van der Waals surface area (Å²) in [6, 6.07) is 14.7. The number of ketones is 1. The summed E-state index contributed by atoms with van der Waals surface area (Å²) in [5.74, 6) is -0.0192. The van der Waals surface area contributed by atoms with Crippen LogP contribution in [-0.2, 0) is 13.1 Å². The molecule has 3 aromatic rings. The molecule has 3 rings (SSSR count). The summed E-state index contributed by atoms with van der Waals surface area (Å²) in [6.07, 6.45) is 0.